The molecule has 3 heterocycles. The average molecular weight is 285 g/mol. The van der Waals surface area contributed by atoms with Gasteiger partial charge in [-0.1, -0.05) is 6.92 Å². The maximum atomic E-state index is 4.42. The van der Waals surface area contributed by atoms with E-state index in [0.717, 1.165) is 28.1 Å². The maximum Gasteiger partial charge on any atom is 0.140 e. The summed E-state index contributed by atoms with van der Waals surface area (Å²) in [6.07, 6.45) is 7.81. The molecule has 3 aromatic heterocycles. The number of rotatable bonds is 4. The summed E-state index contributed by atoms with van der Waals surface area (Å²) in [6, 6.07) is 2.18. The topological polar surface area (TPSA) is 54.8 Å². The summed E-state index contributed by atoms with van der Waals surface area (Å²) in [5, 5.41) is 1.11. The smallest absolute Gasteiger partial charge is 0.140 e. The van der Waals surface area contributed by atoms with E-state index in [1.807, 2.05) is 7.05 Å². The van der Waals surface area contributed by atoms with Crippen LogP contribution in [0.4, 0.5) is 5.82 Å². The predicted molar refractivity (Wildman–Crippen MR) is 80.9 cm³/mol. The fourth-order valence-corrected chi connectivity index (χ4v) is 3.03. The van der Waals surface area contributed by atoms with Crippen molar-refractivity contribution in [1.29, 1.82) is 0 Å². The van der Waals surface area contributed by atoms with Gasteiger partial charge in [-0.15, -0.1) is 11.3 Å². The molecule has 0 saturated carbocycles. The van der Waals surface area contributed by atoms with Crippen molar-refractivity contribution in [3.63, 3.8) is 0 Å². The Balaban J connectivity index is 1.94. The van der Waals surface area contributed by atoms with Crippen LogP contribution in [-0.2, 0) is 13.0 Å². The van der Waals surface area contributed by atoms with Crippen molar-refractivity contribution >= 4 is 27.4 Å². The second kappa shape index (κ2) is 5.50. The third-order valence-corrected chi connectivity index (χ3v) is 4.27. The van der Waals surface area contributed by atoms with Crippen molar-refractivity contribution < 1.29 is 0 Å². The van der Waals surface area contributed by atoms with E-state index in [0.29, 0.717) is 6.54 Å². The normalized spacial score (nSPS) is 10.9. The molecular weight excluding hydrogens is 270 g/mol. The van der Waals surface area contributed by atoms with Crippen molar-refractivity contribution in [2.75, 3.05) is 11.9 Å². The van der Waals surface area contributed by atoms with Crippen LogP contribution in [0.1, 0.15) is 17.5 Å². The van der Waals surface area contributed by atoms with Crippen LogP contribution in [0.3, 0.4) is 0 Å². The monoisotopic (exact) mass is 285 g/mol. The van der Waals surface area contributed by atoms with Crippen molar-refractivity contribution in [3.05, 3.63) is 41.6 Å². The quantitative estimate of drug-likeness (QED) is 0.737. The first-order valence-electron chi connectivity index (χ1n) is 6.47. The van der Waals surface area contributed by atoms with Gasteiger partial charge in [0.05, 0.1) is 23.8 Å². The molecule has 3 aromatic rings. The van der Waals surface area contributed by atoms with Crippen LogP contribution in [0.2, 0.25) is 0 Å². The summed E-state index contributed by atoms with van der Waals surface area (Å²) < 4.78 is 0. The highest BCUT2D eigenvalue weighted by molar-refractivity contribution is 7.18. The minimum Gasteiger partial charge on any atom is -0.353 e. The van der Waals surface area contributed by atoms with E-state index in [1.165, 1.54) is 4.88 Å². The third-order valence-electron chi connectivity index (χ3n) is 3.09. The Morgan fingerprint density at radius 1 is 1.20 bits per heavy atom. The number of hydrogen-bond acceptors (Lipinski definition) is 6. The molecule has 6 heteroatoms. The minimum atomic E-state index is 0.678. The van der Waals surface area contributed by atoms with Crippen molar-refractivity contribution in [3.8, 4) is 0 Å². The number of fused-ring (bicyclic) bond motifs is 1. The molecule has 0 N–H and O–H groups in total. The van der Waals surface area contributed by atoms with E-state index >= 15 is 0 Å². The molecular formula is C14H15N5S. The van der Waals surface area contributed by atoms with Gasteiger partial charge in [0.2, 0.25) is 0 Å². The Kier molecular flexibility index (Phi) is 3.56. The molecule has 102 valence electrons. The molecule has 0 amide bonds. The zero-order chi connectivity index (χ0) is 13.9. The number of hydrogen-bond donors (Lipinski definition) is 0. The first-order chi connectivity index (χ1) is 9.78. The van der Waals surface area contributed by atoms with Gasteiger partial charge in [-0.05, 0) is 12.5 Å². The predicted octanol–water partition coefficient (Wildman–Crippen LogP) is 2.68. The van der Waals surface area contributed by atoms with Gasteiger partial charge in [-0.2, -0.15) is 0 Å². The van der Waals surface area contributed by atoms with E-state index in [9.17, 15) is 0 Å². The lowest BCUT2D eigenvalue weighted by Crippen LogP contribution is -2.18. The Morgan fingerprint density at radius 3 is 2.85 bits per heavy atom. The lowest BCUT2D eigenvalue weighted by atomic mass is 10.3. The van der Waals surface area contributed by atoms with E-state index in [-0.39, 0.29) is 0 Å². The van der Waals surface area contributed by atoms with Crippen LogP contribution in [0.25, 0.3) is 10.2 Å². The minimum absolute atomic E-state index is 0.678. The molecule has 20 heavy (non-hydrogen) atoms. The molecule has 0 atom stereocenters. The number of anilines is 1. The van der Waals surface area contributed by atoms with Gasteiger partial charge in [0, 0.05) is 24.3 Å². The van der Waals surface area contributed by atoms with Crippen LogP contribution in [0.15, 0.2) is 31.0 Å². The number of nitrogens with zero attached hydrogens (tertiary/aromatic N) is 5. The summed E-state index contributed by atoms with van der Waals surface area (Å²) in [7, 11) is 2.01. The Morgan fingerprint density at radius 2 is 2.10 bits per heavy atom. The standard InChI is InChI=1S/C14H15N5S/c1-3-11-6-12-13(17-9-18-14(12)20-11)19(2)8-10-7-15-4-5-16-10/h4-7,9H,3,8H2,1-2H3. The van der Waals surface area contributed by atoms with Gasteiger partial charge >= 0.3 is 0 Å². The molecule has 0 aliphatic carbocycles. The number of aromatic nitrogens is 4. The number of thiophene rings is 1. The summed E-state index contributed by atoms with van der Waals surface area (Å²) in [6.45, 7) is 2.83. The van der Waals surface area contributed by atoms with E-state index in [2.05, 4.69) is 37.8 Å². The van der Waals surface area contributed by atoms with Crippen molar-refractivity contribution in [2.45, 2.75) is 19.9 Å². The summed E-state index contributed by atoms with van der Waals surface area (Å²) in [4.78, 5) is 21.6. The fourth-order valence-electron chi connectivity index (χ4n) is 2.10. The maximum absolute atomic E-state index is 4.42. The molecule has 3 rings (SSSR count). The summed E-state index contributed by atoms with van der Waals surface area (Å²) in [5.41, 5.74) is 0.924. The van der Waals surface area contributed by atoms with Crippen LogP contribution in [0, 0.1) is 0 Å². The molecule has 0 saturated heterocycles. The molecule has 5 nitrogen and oxygen atoms in total. The van der Waals surface area contributed by atoms with Crippen molar-refractivity contribution in [2.24, 2.45) is 0 Å². The lowest BCUT2D eigenvalue weighted by molar-refractivity contribution is 0.858. The Hall–Kier alpha value is -2.08. The van der Waals surface area contributed by atoms with Crippen LogP contribution in [0.5, 0.6) is 0 Å². The molecule has 0 fully saturated rings. The van der Waals surface area contributed by atoms with Crippen LogP contribution < -0.4 is 4.90 Å². The second-order valence-electron chi connectivity index (χ2n) is 4.54. The van der Waals surface area contributed by atoms with Gasteiger partial charge in [-0.25, -0.2) is 9.97 Å². The average Bonchev–Trinajstić information content (AvgIpc) is 2.91. The van der Waals surface area contributed by atoms with Gasteiger partial charge in [0.25, 0.3) is 0 Å². The van der Waals surface area contributed by atoms with Gasteiger partial charge in [0.15, 0.2) is 0 Å². The molecule has 0 bridgehead atoms. The SMILES string of the molecule is CCc1cc2c(N(C)Cc3cnccn3)ncnc2s1. The lowest BCUT2D eigenvalue weighted by Gasteiger charge is -2.17. The largest absolute Gasteiger partial charge is 0.353 e. The van der Waals surface area contributed by atoms with E-state index < -0.39 is 0 Å². The molecule has 0 unspecified atom stereocenters. The van der Waals surface area contributed by atoms with Crippen molar-refractivity contribution in [1.82, 2.24) is 19.9 Å². The summed E-state index contributed by atoms with van der Waals surface area (Å²) >= 11 is 1.73. The van der Waals surface area contributed by atoms with Crippen LogP contribution in [-0.4, -0.2) is 27.0 Å². The third kappa shape index (κ3) is 2.46. The van der Waals surface area contributed by atoms with Gasteiger partial charge in [0.1, 0.15) is 17.0 Å². The Bertz CT molecular complexity index is 710. The first kappa shape index (κ1) is 12.9. The second-order valence-corrected chi connectivity index (χ2v) is 5.65. The highest BCUT2D eigenvalue weighted by Crippen LogP contribution is 2.30. The molecule has 0 aliphatic heterocycles. The molecule has 0 spiro atoms. The van der Waals surface area contributed by atoms with E-state index in [4.69, 9.17) is 0 Å². The highest BCUT2D eigenvalue weighted by Gasteiger charge is 2.12. The first-order valence-corrected chi connectivity index (χ1v) is 7.29. The molecule has 0 radical (unpaired) electrons. The van der Waals surface area contributed by atoms with Crippen LogP contribution >= 0.6 is 11.3 Å². The summed E-state index contributed by atoms with van der Waals surface area (Å²) in [5.74, 6) is 0.941. The Labute approximate surface area is 121 Å². The number of aryl methyl sites for hydroxylation is 1. The zero-order valence-electron chi connectivity index (χ0n) is 11.4. The molecule has 0 aromatic carbocycles. The van der Waals surface area contributed by atoms with Gasteiger partial charge in [-0.3, -0.25) is 9.97 Å². The highest BCUT2D eigenvalue weighted by atomic mass is 32.1. The molecule has 0 aliphatic rings. The van der Waals surface area contributed by atoms with Gasteiger partial charge < -0.3 is 4.90 Å². The fraction of sp³-hybridized carbons (Fsp3) is 0.286. The zero-order valence-corrected chi connectivity index (χ0v) is 12.3. The van der Waals surface area contributed by atoms with E-state index in [1.54, 1.807) is 36.3 Å².